The number of morpholine rings is 1. The van der Waals surface area contributed by atoms with Gasteiger partial charge >= 0.3 is 0 Å². The monoisotopic (exact) mass is 472 g/mol. The van der Waals surface area contributed by atoms with E-state index in [1.807, 2.05) is 33.7 Å². The first-order valence-corrected chi connectivity index (χ1v) is 12.3. The molecule has 2 aliphatic rings. The third-order valence-electron chi connectivity index (χ3n) is 6.28. The van der Waals surface area contributed by atoms with Gasteiger partial charge in [-0.15, -0.1) is 10.2 Å². The minimum absolute atomic E-state index is 0.0232. The van der Waals surface area contributed by atoms with Gasteiger partial charge in [0.2, 0.25) is 10.0 Å². The van der Waals surface area contributed by atoms with Gasteiger partial charge in [0, 0.05) is 50.4 Å². The summed E-state index contributed by atoms with van der Waals surface area (Å²) in [5.74, 6) is 1.09. The maximum atomic E-state index is 13.4. The highest BCUT2D eigenvalue weighted by Gasteiger charge is 2.33. The Balaban J connectivity index is 1.43. The number of pyridine rings is 1. The van der Waals surface area contributed by atoms with Crippen LogP contribution in [0, 0.1) is 10.1 Å². The van der Waals surface area contributed by atoms with E-state index >= 15 is 0 Å². The smallest absolute Gasteiger partial charge is 0.270 e. The minimum Gasteiger partial charge on any atom is -0.379 e. The van der Waals surface area contributed by atoms with Gasteiger partial charge in [0.1, 0.15) is 10.7 Å². The molecule has 2 aliphatic heterocycles. The molecule has 0 aliphatic carbocycles. The molecule has 2 saturated heterocycles. The number of benzene rings is 1. The molecule has 0 saturated carbocycles. The number of sulfonamides is 1. The Kier molecular flexibility index (Phi) is 5.72. The van der Waals surface area contributed by atoms with E-state index in [0.717, 1.165) is 24.3 Å². The molecule has 4 heterocycles. The van der Waals surface area contributed by atoms with Gasteiger partial charge in [0.15, 0.2) is 5.65 Å². The van der Waals surface area contributed by atoms with Crippen molar-refractivity contribution in [3.8, 4) is 0 Å². The second kappa shape index (κ2) is 8.69. The maximum absolute atomic E-state index is 13.4. The van der Waals surface area contributed by atoms with Crippen LogP contribution in [0.15, 0.2) is 47.5 Å². The molecule has 12 heteroatoms. The highest BCUT2D eigenvalue weighted by atomic mass is 32.2. The molecule has 3 aromatic rings. The summed E-state index contributed by atoms with van der Waals surface area (Å²) < 4.78 is 35.5. The van der Waals surface area contributed by atoms with Gasteiger partial charge in [0.05, 0.1) is 23.8 Å². The number of non-ortho nitro benzene ring substituents is 1. The second-order valence-corrected chi connectivity index (χ2v) is 10.1. The van der Waals surface area contributed by atoms with Crippen LogP contribution in [0.1, 0.15) is 24.6 Å². The number of fused-ring (bicyclic) bond motifs is 1. The molecule has 2 fully saturated rings. The number of hydrogen-bond donors (Lipinski definition) is 0. The zero-order valence-corrected chi connectivity index (χ0v) is 18.7. The number of anilines is 1. The highest BCUT2D eigenvalue weighted by Crippen LogP contribution is 2.36. The summed E-state index contributed by atoms with van der Waals surface area (Å²) in [6.45, 7) is 2.28. The Bertz CT molecular complexity index is 1280. The average molecular weight is 473 g/mol. The number of rotatable bonds is 5. The number of hydrogen-bond acceptors (Lipinski definition) is 8. The van der Waals surface area contributed by atoms with Gasteiger partial charge in [0.25, 0.3) is 5.69 Å². The number of aromatic nitrogens is 3. The van der Waals surface area contributed by atoms with Crippen molar-refractivity contribution in [2.75, 3.05) is 44.3 Å². The molecule has 11 nitrogen and oxygen atoms in total. The normalized spacial score (nSPS) is 18.6. The number of ether oxygens (including phenoxy) is 1. The van der Waals surface area contributed by atoms with Crippen molar-refractivity contribution in [2.24, 2.45) is 0 Å². The van der Waals surface area contributed by atoms with E-state index < -0.39 is 14.9 Å². The summed E-state index contributed by atoms with van der Waals surface area (Å²) in [5, 5.41) is 20.0. The van der Waals surface area contributed by atoms with Crippen LogP contribution in [0.5, 0.6) is 0 Å². The largest absolute Gasteiger partial charge is 0.379 e. The summed E-state index contributed by atoms with van der Waals surface area (Å²) >= 11 is 0. The van der Waals surface area contributed by atoms with Gasteiger partial charge < -0.3 is 9.64 Å². The molecule has 0 N–H and O–H groups in total. The lowest BCUT2D eigenvalue weighted by Crippen LogP contribution is -2.41. The van der Waals surface area contributed by atoms with Crippen molar-refractivity contribution in [1.29, 1.82) is 0 Å². The first kappa shape index (κ1) is 21.7. The molecule has 2 aromatic heterocycles. The fraction of sp³-hybridized carbons (Fsp3) is 0.429. The van der Waals surface area contributed by atoms with Gasteiger partial charge in [-0.05, 0) is 31.0 Å². The summed E-state index contributed by atoms with van der Waals surface area (Å²) in [5.41, 5.74) is 1.05. The lowest BCUT2D eigenvalue weighted by Gasteiger charge is -2.35. The van der Waals surface area contributed by atoms with E-state index in [2.05, 4.69) is 10.2 Å². The molecule has 33 heavy (non-hydrogen) atoms. The number of nitrogens with zero attached hydrogens (tertiary/aromatic N) is 6. The van der Waals surface area contributed by atoms with Crippen LogP contribution in [-0.2, 0) is 14.8 Å². The Morgan fingerprint density at radius 1 is 1.03 bits per heavy atom. The molecule has 0 radical (unpaired) electrons. The van der Waals surface area contributed by atoms with Gasteiger partial charge in [-0.2, -0.15) is 4.31 Å². The summed E-state index contributed by atoms with van der Waals surface area (Å²) in [4.78, 5) is 12.8. The minimum atomic E-state index is -3.90. The topological polar surface area (TPSA) is 123 Å². The Morgan fingerprint density at radius 2 is 1.79 bits per heavy atom. The maximum Gasteiger partial charge on any atom is 0.270 e. The third kappa shape index (κ3) is 4.05. The molecule has 0 spiro atoms. The predicted octanol–water partition coefficient (Wildman–Crippen LogP) is 2.04. The first-order valence-electron chi connectivity index (χ1n) is 10.9. The van der Waals surface area contributed by atoms with Crippen LogP contribution in [0.2, 0.25) is 0 Å². The average Bonchev–Trinajstić information content (AvgIpc) is 3.28. The molecule has 0 atom stereocenters. The molecule has 0 amide bonds. The van der Waals surface area contributed by atoms with Gasteiger partial charge in [-0.25, -0.2) is 8.42 Å². The Morgan fingerprint density at radius 3 is 2.52 bits per heavy atom. The zero-order valence-electron chi connectivity index (χ0n) is 17.9. The van der Waals surface area contributed by atoms with Crippen molar-refractivity contribution >= 4 is 27.0 Å². The number of piperidine rings is 1. The highest BCUT2D eigenvalue weighted by molar-refractivity contribution is 7.89. The van der Waals surface area contributed by atoms with E-state index in [-0.39, 0.29) is 29.6 Å². The molecule has 174 valence electrons. The Labute approximate surface area is 190 Å². The van der Waals surface area contributed by atoms with Gasteiger partial charge in [-0.3, -0.25) is 14.5 Å². The molecule has 0 bridgehead atoms. The summed E-state index contributed by atoms with van der Waals surface area (Å²) in [6.07, 6.45) is 3.48. The molecular formula is C21H24N6O5S. The quantitative estimate of drug-likeness (QED) is 0.408. The van der Waals surface area contributed by atoms with Gasteiger partial charge in [-0.1, -0.05) is 6.07 Å². The van der Waals surface area contributed by atoms with E-state index in [1.54, 1.807) is 6.07 Å². The van der Waals surface area contributed by atoms with Crippen molar-refractivity contribution in [2.45, 2.75) is 23.7 Å². The predicted molar refractivity (Wildman–Crippen MR) is 120 cm³/mol. The fourth-order valence-electron chi connectivity index (χ4n) is 4.53. The molecule has 1 aromatic carbocycles. The van der Waals surface area contributed by atoms with Crippen molar-refractivity contribution in [3.05, 3.63) is 58.5 Å². The Hall–Kier alpha value is -3.09. The third-order valence-corrected chi connectivity index (χ3v) is 8.21. The first-order chi connectivity index (χ1) is 15.9. The van der Waals surface area contributed by atoms with Crippen LogP contribution in [0.4, 0.5) is 11.4 Å². The molecule has 5 rings (SSSR count). The zero-order chi connectivity index (χ0) is 23.0. The standard InChI is InChI=1S/C21H24N6O5S/c28-27(29)17-4-5-18(19(15-17)33(30,31)25-11-13-32-14-12-25)24-9-6-16(7-10-24)21-23-22-20-3-1-2-8-26(20)21/h1-5,8,15-16H,6-7,9-14H2. The lowest BCUT2D eigenvalue weighted by molar-refractivity contribution is -0.385. The summed E-state index contributed by atoms with van der Waals surface area (Å²) in [6, 6.07) is 9.86. The van der Waals surface area contributed by atoms with Crippen molar-refractivity contribution in [1.82, 2.24) is 18.9 Å². The van der Waals surface area contributed by atoms with Crippen molar-refractivity contribution in [3.63, 3.8) is 0 Å². The fourth-order valence-corrected chi connectivity index (χ4v) is 6.17. The van der Waals surface area contributed by atoms with Crippen molar-refractivity contribution < 1.29 is 18.1 Å². The molecular weight excluding hydrogens is 448 g/mol. The van der Waals surface area contributed by atoms with Crippen LogP contribution in [0.25, 0.3) is 5.65 Å². The SMILES string of the molecule is O=[N+]([O-])c1ccc(N2CCC(c3nnc4ccccn34)CC2)c(S(=O)(=O)N2CCOCC2)c1. The van der Waals surface area contributed by atoms with E-state index in [1.165, 1.54) is 16.4 Å². The van der Waals surface area contributed by atoms with Crippen LogP contribution in [0.3, 0.4) is 0 Å². The van der Waals surface area contributed by atoms with Crippen LogP contribution < -0.4 is 4.90 Å². The lowest BCUT2D eigenvalue weighted by atomic mass is 9.95. The summed E-state index contributed by atoms with van der Waals surface area (Å²) in [7, 11) is -3.90. The second-order valence-electron chi connectivity index (χ2n) is 8.17. The number of nitro groups is 1. The van der Waals surface area contributed by atoms with E-state index in [4.69, 9.17) is 4.74 Å². The van der Waals surface area contributed by atoms with E-state index in [9.17, 15) is 18.5 Å². The number of nitro benzene ring substituents is 1. The van der Waals surface area contributed by atoms with Crippen LogP contribution >= 0.6 is 0 Å². The van der Waals surface area contributed by atoms with Crippen LogP contribution in [-0.4, -0.2) is 71.6 Å². The molecule has 0 unspecified atom stereocenters. The van der Waals surface area contributed by atoms with E-state index in [0.29, 0.717) is 32.0 Å².